The summed E-state index contributed by atoms with van der Waals surface area (Å²) < 4.78 is 1.52. The van der Waals surface area contributed by atoms with Gasteiger partial charge in [0.1, 0.15) is 0 Å². The summed E-state index contributed by atoms with van der Waals surface area (Å²) in [4.78, 5) is 11.7. The molecule has 1 aliphatic rings. The Kier molecular flexibility index (Phi) is 3.27. The van der Waals surface area contributed by atoms with E-state index in [1.165, 1.54) is 17.5 Å². The molecule has 0 saturated heterocycles. The molecule has 16 heavy (non-hydrogen) atoms. The van der Waals surface area contributed by atoms with Crippen molar-refractivity contribution in [1.29, 1.82) is 0 Å². The van der Waals surface area contributed by atoms with Crippen molar-refractivity contribution in [3.63, 3.8) is 0 Å². The van der Waals surface area contributed by atoms with Gasteiger partial charge < -0.3 is 5.32 Å². The van der Waals surface area contributed by atoms with E-state index in [0.29, 0.717) is 12.5 Å². The smallest absolute Gasteiger partial charge is 0.268 e. The molecule has 4 heteroatoms. The molecule has 1 N–H and O–H groups in total. The molecule has 0 spiro atoms. The summed E-state index contributed by atoms with van der Waals surface area (Å²) in [5, 5.41) is 7.41. The van der Waals surface area contributed by atoms with Gasteiger partial charge in [-0.1, -0.05) is 13.8 Å². The third-order valence-electron chi connectivity index (χ3n) is 2.70. The molecule has 1 aromatic heterocycles. The van der Waals surface area contributed by atoms with E-state index in [-0.39, 0.29) is 5.56 Å². The predicted octanol–water partition coefficient (Wildman–Crippen LogP) is 1.72. The molecule has 88 valence electrons. The molecule has 0 radical (unpaired) electrons. The van der Waals surface area contributed by atoms with E-state index in [1.807, 2.05) is 0 Å². The first kappa shape index (κ1) is 11.2. The van der Waals surface area contributed by atoms with Crippen LogP contribution in [0.5, 0.6) is 0 Å². The molecule has 4 nitrogen and oxygen atoms in total. The zero-order chi connectivity index (χ0) is 11.5. The Morgan fingerprint density at radius 3 is 2.88 bits per heavy atom. The van der Waals surface area contributed by atoms with Gasteiger partial charge in [-0.05, 0) is 24.7 Å². The predicted molar refractivity (Wildman–Crippen MR) is 64.5 cm³/mol. The second kappa shape index (κ2) is 4.68. The quantitative estimate of drug-likeness (QED) is 0.823. The third-order valence-corrected chi connectivity index (χ3v) is 2.70. The standard InChI is InChI=1S/C12H19N3O/c1-9(2)8-15-12(16)5-11(7-14-15)13-6-10-3-4-10/h5,7,9-10,13H,3-4,6,8H2,1-2H3. The van der Waals surface area contributed by atoms with Crippen molar-refractivity contribution < 1.29 is 0 Å². The summed E-state index contributed by atoms with van der Waals surface area (Å²) in [5.41, 5.74) is 0.825. The van der Waals surface area contributed by atoms with Crippen molar-refractivity contribution >= 4 is 5.69 Å². The second-order valence-corrected chi connectivity index (χ2v) is 4.98. The molecule has 0 aliphatic heterocycles. The summed E-state index contributed by atoms with van der Waals surface area (Å²) in [7, 11) is 0. The lowest BCUT2D eigenvalue weighted by atomic mass is 10.2. The van der Waals surface area contributed by atoms with Crippen molar-refractivity contribution in [2.45, 2.75) is 33.2 Å². The molecule has 1 heterocycles. The topological polar surface area (TPSA) is 46.9 Å². The summed E-state index contributed by atoms with van der Waals surface area (Å²) in [6, 6.07) is 1.64. The van der Waals surface area contributed by atoms with Crippen LogP contribution in [-0.4, -0.2) is 16.3 Å². The first-order valence-electron chi connectivity index (χ1n) is 5.96. The normalized spacial score (nSPS) is 15.4. The summed E-state index contributed by atoms with van der Waals surface area (Å²) >= 11 is 0. The molecule has 1 aliphatic carbocycles. The largest absolute Gasteiger partial charge is 0.383 e. The molecule has 1 fully saturated rings. The molecule has 0 aromatic carbocycles. The van der Waals surface area contributed by atoms with Gasteiger partial charge >= 0.3 is 0 Å². The van der Waals surface area contributed by atoms with Crippen molar-refractivity contribution in [2.24, 2.45) is 11.8 Å². The molecule has 1 saturated carbocycles. The minimum atomic E-state index is -0.0190. The number of anilines is 1. The Hall–Kier alpha value is -1.32. The summed E-state index contributed by atoms with van der Waals surface area (Å²) in [6.45, 7) is 5.80. The van der Waals surface area contributed by atoms with Crippen LogP contribution in [0.1, 0.15) is 26.7 Å². The maximum atomic E-state index is 11.7. The molecule has 0 unspecified atom stereocenters. The van der Waals surface area contributed by atoms with Gasteiger partial charge in [0.15, 0.2) is 0 Å². The maximum absolute atomic E-state index is 11.7. The van der Waals surface area contributed by atoms with E-state index in [4.69, 9.17) is 0 Å². The zero-order valence-corrected chi connectivity index (χ0v) is 9.94. The Bertz CT molecular complexity index is 407. The summed E-state index contributed by atoms with van der Waals surface area (Å²) in [6.07, 6.45) is 4.36. The van der Waals surface area contributed by atoms with Crippen LogP contribution in [0.25, 0.3) is 0 Å². The number of hydrogen-bond acceptors (Lipinski definition) is 3. The van der Waals surface area contributed by atoms with Crippen LogP contribution in [0.4, 0.5) is 5.69 Å². The van der Waals surface area contributed by atoms with Crippen LogP contribution in [0.3, 0.4) is 0 Å². The van der Waals surface area contributed by atoms with E-state index in [2.05, 4.69) is 24.3 Å². The first-order valence-corrected chi connectivity index (χ1v) is 5.96. The van der Waals surface area contributed by atoms with Crippen molar-refractivity contribution in [3.05, 3.63) is 22.6 Å². The van der Waals surface area contributed by atoms with E-state index in [0.717, 1.165) is 18.2 Å². The Balaban J connectivity index is 2.00. The van der Waals surface area contributed by atoms with Crippen molar-refractivity contribution in [3.8, 4) is 0 Å². The minimum Gasteiger partial charge on any atom is -0.383 e. The lowest BCUT2D eigenvalue weighted by Crippen LogP contribution is -2.24. The van der Waals surface area contributed by atoms with Crippen LogP contribution >= 0.6 is 0 Å². The lowest BCUT2D eigenvalue weighted by molar-refractivity contribution is 0.464. The SMILES string of the molecule is CC(C)Cn1ncc(NCC2CC2)cc1=O. The Morgan fingerprint density at radius 2 is 2.31 bits per heavy atom. The van der Waals surface area contributed by atoms with Gasteiger partial charge in [-0.25, -0.2) is 4.68 Å². The molecular formula is C12H19N3O. The number of aromatic nitrogens is 2. The fourth-order valence-corrected chi connectivity index (χ4v) is 1.60. The third kappa shape index (κ3) is 3.08. The molecule has 0 bridgehead atoms. The molecule has 1 aromatic rings. The van der Waals surface area contributed by atoms with Crippen LogP contribution in [-0.2, 0) is 6.54 Å². The van der Waals surface area contributed by atoms with E-state index >= 15 is 0 Å². The molecular weight excluding hydrogens is 202 g/mol. The zero-order valence-electron chi connectivity index (χ0n) is 9.94. The number of nitrogens with zero attached hydrogens (tertiary/aromatic N) is 2. The van der Waals surface area contributed by atoms with Crippen LogP contribution in [0.2, 0.25) is 0 Å². The van der Waals surface area contributed by atoms with Gasteiger partial charge in [-0.3, -0.25) is 4.79 Å². The van der Waals surface area contributed by atoms with Gasteiger partial charge in [-0.2, -0.15) is 5.10 Å². The fourth-order valence-electron chi connectivity index (χ4n) is 1.60. The number of hydrogen-bond donors (Lipinski definition) is 1. The van der Waals surface area contributed by atoms with Crippen LogP contribution in [0.15, 0.2) is 17.1 Å². The average molecular weight is 221 g/mol. The van der Waals surface area contributed by atoms with E-state index in [1.54, 1.807) is 12.3 Å². The second-order valence-electron chi connectivity index (χ2n) is 4.98. The highest BCUT2D eigenvalue weighted by Gasteiger charge is 2.20. The number of rotatable bonds is 5. The lowest BCUT2D eigenvalue weighted by Gasteiger charge is -2.09. The molecule has 0 atom stereocenters. The Labute approximate surface area is 95.7 Å². The van der Waals surface area contributed by atoms with Crippen molar-refractivity contribution in [2.75, 3.05) is 11.9 Å². The maximum Gasteiger partial charge on any atom is 0.268 e. The van der Waals surface area contributed by atoms with Gasteiger partial charge in [0.25, 0.3) is 5.56 Å². The van der Waals surface area contributed by atoms with Gasteiger partial charge in [0, 0.05) is 19.2 Å². The molecule has 0 amide bonds. The van der Waals surface area contributed by atoms with Gasteiger partial charge in [0.2, 0.25) is 0 Å². The highest BCUT2D eigenvalue weighted by molar-refractivity contribution is 5.38. The summed E-state index contributed by atoms with van der Waals surface area (Å²) in [5.74, 6) is 1.24. The number of nitrogens with one attached hydrogen (secondary N) is 1. The van der Waals surface area contributed by atoms with E-state index in [9.17, 15) is 4.79 Å². The highest BCUT2D eigenvalue weighted by atomic mass is 16.1. The molecule has 2 rings (SSSR count). The fraction of sp³-hybridized carbons (Fsp3) is 0.667. The van der Waals surface area contributed by atoms with Gasteiger partial charge in [0.05, 0.1) is 11.9 Å². The van der Waals surface area contributed by atoms with Crippen molar-refractivity contribution in [1.82, 2.24) is 9.78 Å². The average Bonchev–Trinajstić information content (AvgIpc) is 3.02. The minimum absolute atomic E-state index is 0.0190. The van der Waals surface area contributed by atoms with Gasteiger partial charge in [-0.15, -0.1) is 0 Å². The van der Waals surface area contributed by atoms with Crippen LogP contribution < -0.4 is 10.9 Å². The highest BCUT2D eigenvalue weighted by Crippen LogP contribution is 2.28. The Morgan fingerprint density at radius 1 is 1.56 bits per heavy atom. The van der Waals surface area contributed by atoms with E-state index < -0.39 is 0 Å². The monoisotopic (exact) mass is 221 g/mol. The van der Waals surface area contributed by atoms with Crippen LogP contribution in [0, 0.1) is 11.8 Å². The first-order chi connectivity index (χ1) is 7.65.